The number of nitrogens with one attached hydrogen (secondary N) is 1. The van der Waals surface area contributed by atoms with Crippen molar-refractivity contribution in [1.29, 1.82) is 0 Å². The summed E-state index contributed by atoms with van der Waals surface area (Å²) in [6.45, 7) is 4.78. The van der Waals surface area contributed by atoms with E-state index in [2.05, 4.69) is 10.2 Å². The molecule has 2 saturated heterocycles. The highest BCUT2D eigenvalue weighted by molar-refractivity contribution is 5.78. The van der Waals surface area contributed by atoms with Gasteiger partial charge in [0.15, 0.2) is 0 Å². The zero-order valence-corrected chi connectivity index (χ0v) is 12.9. The number of benzene rings is 1. The number of piperazine rings is 1. The van der Waals surface area contributed by atoms with Crippen LogP contribution in [-0.2, 0) is 4.79 Å². The molecule has 1 aromatic rings. The molecule has 4 nitrogen and oxygen atoms in total. The third-order valence-electron chi connectivity index (χ3n) is 4.68. The van der Waals surface area contributed by atoms with Crippen molar-refractivity contribution in [2.45, 2.75) is 25.3 Å². The van der Waals surface area contributed by atoms with E-state index < -0.39 is 0 Å². The summed E-state index contributed by atoms with van der Waals surface area (Å²) in [5.74, 6) is 0.0125. The fourth-order valence-corrected chi connectivity index (χ4v) is 3.43. The van der Waals surface area contributed by atoms with Gasteiger partial charge in [0.05, 0.1) is 6.54 Å². The Morgan fingerprint density at radius 2 is 1.86 bits per heavy atom. The van der Waals surface area contributed by atoms with Crippen molar-refractivity contribution < 1.29 is 9.18 Å². The van der Waals surface area contributed by atoms with Crippen LogP contribution in [0.5, 0.6) is 0 Å². The molecule has 22 heavy (non-hydrogen) atoms. The topological polar surface area (TPSA) is 35.6 Å². The van der Waals surface area contributed by atoms with Gasteiger partial charge in [0.2, 0.25) is 5.91 Å². The van der Waals surface area contributed by atoms with E-state index in [9.17, 15) is 9.18 Å². The summed E-state index contributed by atoms with van der Waals surface area (Å²) in [5.41, 5.74) is 1.12. The third kappa shape index (κ3) is 3.65. The predicted octanol–water partition coefficient (Wildman–Crippen LogP) is 1.78. The first-order valence-corrected chi connectivity index (χ1v) is 8.22. The molecule has 2 aliphatic rings. The highest BCUT2D eigenvalue weighted by Crippen LogP contribution is 2.30. The monoisotopic (exact) mass is 305 g/mol. The Bertz CT molecular complexity index is 499. The number of nitrogens with zero attached hydrogens (tertiary/aromatic N) is 2. The lowest BCUT2D eigenvalue weighted by molar-refractivity contribution is -0.134. The fourth-order valence-electron chi connectivity index (χ4n) is 3.43. The number of rotatable bonds is 3. The molecule has 0 aliphatic carbocycles. The molecule has 5 heteroatoms. The van der Waals surface area contributed by atoms with Gasteiger partial charge < -0.3 is 10.2 Å². The quantitative estimate of drug-likeness (QED) is 0.925. The molecule has 2 heterocycles. The first kappa shape index (κ1) is 15.4. The SMILES string of the molecule is O=C(CN1CCCCC1c1ccc(F)cc1)N1CCNCC1. The molecule has 1 N–H and O–H groups in total. The molecule has 0 spiro atoms. The average Bonchev–Trinajstić information content (AvgIpc) is 2.57. The van der Waals surface area contributed by atoms with Crippen LogP contribution in [-0.4, -0.2) is 55.0 Å². The van der Waals surface area contributed by atoms with Gasteiger partial charge in [-0.3, -0.25) is 9.69 Å². The number of likely N-dealkylation sites (tertiary alicyclic amines) is 1. The second-order valence-electron chi connectivity index (χ2n) is 6.16. The van der Waals surface area contributed by atoms with Gasteiger partial charge >= 0.3 is 0 Å². The van der Waals surface area contributed by atoms with Crippen molar-refractivity contribution in [3.63, 3.8) is 0 Å². The molecule has 2 fully saturated rings. The van der Waals surface area contributed by atoms with Gasteiger partial charge in [0.1, 0.15) is 5.82 Å². The van der Waals surface area contributed by atoms with E-state index in [1.165, 1.54) is 18.6 Å². The predicted molar refractivity (Wildman–Crippen MR) is 84.0 cm³/mol. The van der Waals surface area contributed by atoms with Crippen LogP contribution in [0.2, 0.25) is 0 Å². The van der Waals surface area contributed by atoms with E-state index >= 15 is 0 Å². The molecule has 1 aromatic carbocycles. The molecule has 0 bridgehead atoms. The minimum atomic E-state index is -0.206. The van der Waals surface area contributed by atoms with Crippen LogP contribution in [0.25, 0.3) is 0 Å². The summed E-state index contributed by atoms with van der Waals surface area (Å²) >= 11 is 0. The molecule has 1 unspecified atom stereocenters. The Morgan fingerprint density at radius 1 is 1.14 bits per heavy atom. The molecule has 0 radical (unpaired) electrons. The number of piperidine rings is 1. The van der Waals surface area contributed by atoms with Gasteiger partial charge in [0, 0.05) is 32.2 Å². The summed E-state index contributed by atoms with van der Waals surface area (Å²) in [4.78, 5) is 16.7. The van der Waals surface area contributed by atoms with E-state index in [0.717, 1.165) is 51.1 Å². The average molecular weight is 305 g/mol. The standard InChI is InChI=1S/C17H24FN3O/c18-15-6-4-14(5-7-15)16-3-1-2-10-21(16)13-17(22)20-11-8-19-9-12-20/h4-7,16,19H,1-3,8-13H2. The van der Waals surface area contributed by atoms with Crippen molar-refractivity contribution in [1.82, 2.24) is 15.1 Å². The Morgan fingerprint density at radius 3 is 2.59 bits per heavy atom. The summed E-state index contributed by atoms with van der Waals surface area (Å²) in [6, 6.07) is 6.98. The number of amides is 1. The van der Waals surface area contributed by atoms with Crippen molar-refractivity contribution in [2.75, 3.05) is 39.3 Å². The third-order valence-corrected chi connectivity index (χ3v) is 4.68. The minimum absolute atomic E-state index is 0.206. The van der Waals surface area contributed by atoms with E-state index in [1.807, 2.05) is 17.0 Å². The number of carbonyl (C=O) groups is 1. The van der Waals surface area contributed by atoms with Gasteiger partial charge in [-0.05, 0) is 37.1 Å². The Labute approximate surface area is 131 Å². The maximum Gasteiger partial charge on any atom is 0.236 e. The van der Waals surface area contributed by atoms with E-state index in [4.69, 9.17) is 0 Å². The van der Waals surface area contributed by atoms with Crippen LogP contribution in [0.4, 0.5) is 4.39 Å². The maximum absolute atomic E-state index is 13.1. The van der Waals surface area contributed by atoms with Gasteiger partial charge in [0.25, 0.3) is 0 Å². The summed E-state index contributed by atoms with van der Waals surface area (Å²) in [5, 5.41) is 3.27. The second-order valence-corrected chi connectivity index (χ2v) is 6.16. The van der Waals surface area contributed by atoms with Crippen LogP contribution >= 0.6 is 0 Å². The smallest absolute Gasteiger partial charge is 0.236 e. The summed E-state index contributed by atoms with van der Waals surface area (Å²) in [6.07, 6.45) is 3.34. The molecule has 120 valence electrons. The first-order valence-electron chi connectivity index (χ1n) is 8.22. The van der Waals surface area contributed by atoms with Crippen LogP contribution in [0.3, 0.4) is 0 Å². The lowest BCUT2D eigenvalue weighted by atomic mass is 9.95. The Kier molecular flexibility index (Phi) is 5.05. The highest BCUT2D eigenvalue weighted by Gasteiger charge is 2.27. The maximum atomic E-state index is 13.1. The second kappa shape index (κ2) is 7.20. The number of hydrogen-bond donors (Lipinski definition) is 1. The van der Waals surface area contributed by atoms with Crippen molar-refractivity contribution in [2.24, 2.45) is 0 Å². The molecular weight excluding hydrogens is 281 g/mol. The van der Waals surface area contributed by atoms with Crippen molar-refractivity contribution in [3.05, 3.63) is 35.6 Å². The van der Waals surface area contributed by atoms with Gasteiger partial charge in [-0.15, -0.1) is 0 Å². The molecule has 0 saturated carbocycles. The molecule has 3 rings (SSSR count). The summed E-state index contributed by atoms with van der Waals surface area (Å²) in [7, 11) is 0. The Balaban J connectivity index is 1.66. The van der Waals surface area contributed by atoms with Crippen LogP contribution < -0.4 is 5.32 Å². The lowest BCUT2D eigenvalue weighted by Crippen LogP contribution is -2.50. The highest BCUT2D eigenvalue weighted by atomic mass is 19.1. The van der Waals surface area contributed by atoms with Crippen LogP contribution in [0, 0.1) is 5.82 Å². The van der Waals surface area contributed by atoms with E-state index in [-0.39, 0.29) is 17.8 Å². The summed E-state index contributed by atoms with van der Waals surface area (Å²) < 4.78 is 13.1. The van der Waals surface area contributed by atoms with Gasteiger partial charge in [-0.1, -0.05) is 18.6 Å². The fraction of sp³-hybridized carbons (Fsp3) is 0.588. The largest absolute Gasteiger partial charge is 0.339 e. The normalized spacial score (nSPS) is 23.5. The lowest BCUT2D eigenvalue weighted by Gasteiger charge is -2.37. The van der Waals surface area contributed by atoms with Gasteiger partial charge in [-0.25, -0.2) is 4.39 Å². The van der Waals surface area contributed by atoms with Crippen LogP contribution in [0.1, 0.15) is 30.9 Å². The van der Waals surface area contributed by atoms with Crippen LogP contribution in [0.15, 0.2) is 24.3 Å². The molecular formula is C17H24FN3O. The molecule has 1 amide bonds. The van der Waals surface area contributed by atoms with E-state index in [1.54, 1.807) is 0 Å². The number of carbonyl (C=O) groups excluding carboxylic acids is 1. The molecule has 2 aliphatic heterocycles. The zero-order chi connectivity index (χ0) is 15.4. The molecule has 0 aromatic heterocycles. The van der Waals surface area contributed by atoms with Gasteiger partial charge in [-0.2, -0.15) is 0 Å². The van der Waals surface area contributed by atoms with E-state index in [0.29, 0.717) is 6.54 Å². The molecule has 1 atom stereocenters. The Hall–Kier alpha value is -1.46. The number of hydrogen-bond acceptors (Lipinski definition) is 3. The van der Waals surface area contributed by atoms with Crippen molar-refractivity contribution in [3.8, 4) is 0 Å². The minimum Gasteiger partial charge on any atom is -0.339 e. The number of halogens is 1. The zero-order valence-electron chi connectivity index (χ0n) is 12.9. The van der Waals surface area contributed by atoms with Crippen molar-refractivity contribution >= 4 is 5.91 Å². The first-order chi connectivity index (χ1) is 10.7.